The Balaban J connectivity index is 1.51. The molecule has 0 radical (unpaired) electrons. The smallest absolute Gasteiger partial charge is 0.305 e. The second kappa shape index (κ2) is 8.62. The molecule has 0 aromatic heterocycles. The van der Waals surface area contributed by atoms with Crippen LogP contribution in [0.15, 0.2) is 0 Å². The number of hydrogen-bond acceptors (Lipinski definition) is 4. The first kappa shape index (κ1) is 23.0. The highest BCUT2D eigenvalue weighted by Crippen LogP contribution is 2.68. The largest absolute Gasteiger partial charge is 0.469 e. The van der Waals surface area contributed by atoms with Crippen LogP contribution in [0.4, 0.5) is 0 Å². The topological polar surface area (TPSA) is 55.8 Å². The SMILES string of the molecule is C#CO[C@H]1CC[C@@]2(C)C(CC(O)C3[C@H]4CC[C@H]([C@H](C)CCC(=O)OC)[C@@]4(C)CC[C@H]32)C1. The standard InChI is InChI=1S/C27H42O4/c1-6-31-19-11-13-26(3)18(15-19)16-23(28)25-21-9-8-20(17(2)7-10-24(29)30-5)27(21,4)14-12-22(25)26/h1,17-23,25,28H,7-16H2,2-5H3/t17-,18?,19+,20-,21-,22-,23?,25?,26+,27-/m1/s1. The van der Waals surface area contributed by atoms with Crippen LogP contribution in [0.3, 0.4) is 0 Å². The van der Waals surface area contributed by atoms with E-state index in [1.54, 1.807) is 0 Å². The molecule has 4 aliphatic rings. The van der Waals surface area contributed by atoms with Crippen molar-refractivity contribution in [3.8, 4) is 12.5 Å². The number of aliphatic hydroxyl groups is 1. The molecule has 0 saturated heterocycles. The molecule has 4 saturated carbocycles. The van der Waals surface area contributed by atoms with Crippen LogP contribution in [-0.4, -0.2) is 30.4 Å². The van der Waals surface area contributed by atoms with Gasteiger partial charge in [0.25, 0.3) is 0 Å². The summed E-state index contributed by atoms with van der Waals surface area (Å²) in [7, 11) is 1.48. The number of methoxy groups -OCH3 is 1. The van der Waals surface area contributed by atoms with Gasteiger partial charge >= 0.3 is 5.97 Å². The summed E-state index contributed by atoms with van der Waals surface area (Å²) < 4.78 is 10.4. The van der Waals surface area contributed by atoms with Crippen molar-refractivity contribution in [3.05, 3.63) is 0 Å². The Hall–Kier alpha value is -1.21. The first-order chi connectivity index (χ1) is 14.7. The predicted molar refractivity (Wildman–Crippen MR) is 121 cm³/mol. The molecule has 0 spiro atoms. The molecule has 4 heteroatoms. The number of aliphatic hydroxyl groups excluding tert-OH is 1. The minimum Gasteiger partial charge on any atom is -0.469 e. The highest BCUT2D eigenvalue weighted by molar-refractivity contribution is 5.69. The molecule has 4 fully saturated rings. The maximum atomic E-state index is 11.7. The van der Waals surface area contributed by atoms with Crippen molar-refractivity contribution in [3.63, 3.8) is 0 Å². The van der Waals surface area contributed by atoms with Crippen LogP contribution in [0.2, 0.25) is 0 Å². The van der Waals surface area contributed by atoms with Gasteiger partial charge in [0.15, 0.2) is 0 Å². The van der Waals surface area contributed by atoms with Gasteiger partial charge in [0.1, 0.15) is 12.2 Å². The minimum atomic E-state index is -0.207. The molecular weight excluding hydrogens is 388 g/mol. The van der Waals surface area contributed by atoms with Gasteiger partial charge in [0.05, 0.1) is 13.2 Å². The molecule has 10 atom stereocenters. The first-order valence-electron chi connectivity index (χ1n) is 12.6. The molecule has 31 heavy (non-hydrogen) atoms. The predicted octanol–water partition coefficient (Wildman–Crippen LogP) is 5.18. The number of carbonyl (C=O) groups is 1. The molecule has 0 amide bonds. The van der Waals surface area contributed by atoms with Crippen molar-refractivity contribution in [2.75, 3.05) is 7.11 Å². The summed E-state index contributed by atoms with van der Waals surface area (Å²) in [5, 5.41) is 11.4. The van der Waals surface area contributed by atoms with E-state index in [-0.39, 0.29) is 23.6 Å². The van der Waals surface area contributed by atoms with Crippen LogP contribution < -0.4 is 0 Å². The molecule has 0 bridgehead atoms. The molecule has 0 heterocycles. The fourth-order valence-electron chi connectivity index (χ4n) is 9.01. The number of hydrogen-bond donors (Lipinski definition) is 1. The minimum absolute atomic E-state index is 0.0960. The van der Waals surface area contributed by atoms with E-state index in [4.69, 9.17) is 15.9 Å². The van der Waals surface area contributed by atoms with E-state index in [1.165, 1.54) is 39.2 Å². The second-order valence-corrected chi connectivity index (χ2v) is 11.7. The highest BCUT2D eigenvalue weighted by atomic mass is 16.5. The molecule has 0 aromatic rings. The number of terminal acetylenes is 1. The summed E-state index contributed by atoms with van der Waals surface area (Å²) in [5.74, 6) is 3.20. The average Bonchev–Trinajstić information content (AvgIpc) is 3.10. The van der Waals surface area contributed by atoms with Crippen LogP contribution >= 0.6 is 0 Å². The van der Waals surface area contributed by atoms with E-state index in [0.717, 1.165) is 25.7 Å². The Morgan fingerprint density at radius 3 is 2.55 bits per heavy atom. The Morgan fingerprint density at radius 2 is 1.84 bits per heavy atom. The summed E-state index contributed by atoms with van der Waals surface area (Å²) >= 11 is 0. The monoisotopic (exact) mass is 430 g/mol. The zero-order valence-electron chi connectivity index (χ0n) is 19.9. The lowest BCUT2D eigenvalue weighted by atomic mass is 9.43. The number of rotatable bonds is 5. The van der Waals surface area contributed by atoms with Crippen molar-refractivity contribution in [1.82, 2.24) is 0 Å². The molecule has 3 unspecified atom stereocenters. The lowest BCUT2D eigenvalue weighted by Crippen LogP contribution is -2.58. The number of esters is 1. The molecule has 4 nitrogen and oxygen atoms in total. The van der Waals surface area contributed by atoms with Crippen LogP contribution in [0.1, 0.15) is 85.0 Å². The fraction of sp³-hybridized carbons (Fsp3) is 0.889. The van der Waals surface area contributed by atoms with E-state index in [0.29, 0.717) is 47.3 Å². The molecule has 1 N–H and O–H groups in total. The van der Waals surface area contributed by atoms with Crippen molar-refractivity contribution in [1.29, 1.82) is 0 Å². The molecule has 0 aliphatic heterocycles. The van der Waals surface area contributed by atoms with E-state index in [9.17, 15) is 9.90 Å². The zero-order valence-corrected chi connectivity index (χ0v) is 19.9. The van der Waals surface area contributed by atoms with Crippen LogP contribution in [-0.2, 0) is 14.3 Å². The van der Waals surface area contributed by atoms with Gasteiger partial charge in [-0.3, -0.25) is 4.79 Å². The average molecular weight is 431 g/mol. The molecule has 4 rings (SSSR count). The summed E-state index contributed by atoms with van der Waals surface area (Å²) in [6.45, 7) is 7.33. The van der Waals surface area contributed by atoms with Gasteiger partial charge in [-0.2, -0.15) is 0 Å². The maximum Gasteiger partial charge on any atom is 0.305 e. The maximum absolute atomic E-state index is 11.7. The lowest BCUT2D eigenvalue weighted by Gasteiger charge is -2.62. The van der Waals surface area contributed by atoms with Gasteiger partial charge in [-0.1, -0.05) is 27.2 Å². The third-order valence-corrected chi connectivity index (χ3v) is 10.7. The van der Waals surface area contributed by atoms with Gasteiger partial charge in [0.2, 0.25) is 0 Å². The quantitative estimate of drug-likeness (QED) is 0.482. The van der Waals surface area contributed by atoms with Crippen LogP contribution in [0.25, 0.3) is 0 Å². The Bertz CT molecular complexity index is 713. The number of fused-ring (bicyclic) bond motifs is 5. The third kappa shape index (κ3) is 3.79. The van der Waals surface area contributed by atoms with Crippen molar-refractivity contribution in [2.45, 2.75) is 97.2 Å². The van der Waals surface area contributed by atoms with Gasteiger partial charge in [-0.15, -0.1) is 0 Å². The number of carbonyl (C=O) groups excluding carboxylic acids is 1. The van der Waals surface area contributed by atoms with Gasteiger partial charge in [0, 0.05) is 6.42 Å². The summed E-state index contributed by atoms with van der Waals surface area (Å²) in [5.41, 5.74) is 0.582. The van der Waals surface area contributed by atoms with E-state index >= 15 is 0 Å². The summed E-state index contributed by atoms with van der Waals surface area (Å²) in [6.07, 6.45) is 18.2. The van der Waals surface area contributed by atoms with Crippen LogP contribution in [0, 0.1) is 58.9 Å². The van der Waals surface area contributed by atoms with Crippen molar-refractivity contribution in [2.24, 2.45) is 46.3 Å². The van der Waals surface area contributed by atoms with Crippen molar-refractivity contribution >= 4 is 5.97 Å². The third-order valence-electron chi connectivity index (χ3n) is 10.7. The molecule has 174 valence electrons. The molecular formula is C27H42O4. The van der Waals surface area contributed by atoms with Crippen LogP contribution in [0.5, 0.6) is 0 Å². The summed E-state index contributed by atoms with van der Waals surface area (Å²) in [6, 6.07) is 0. The summed E-state index contributed by atoms with van der Waals surface area (Å²) in [4.78, 5) is 11.7. The zero-order chi connectivity index (χ0) is 22.4. The van der Waals surface area contributed by atoms with E-state index in [1.807, 2.05) is 0 Å². The fourth-order valence-corrected chi connectivity index (χ4v) is 9.01. The second-order valence-electron chi connectivity index (χ2n) is 11.7. The van der Waals surface area contributed by atoms with E-state index < -0.39 is 0 Å². The lowest BCUT2D eigenvalue weighted by molar-refractivity contribution is -0.174. The molecule has 4 aliphatic carbocycles. The normalized spacial score (nSPS) is 47.3. The van der Waals surface area contributed by atoms with Gasteiger partial charge in [-0.25, -0.2) is 0 Å². The van der Waals surface area contributed by atoms with Gasteiger partial charge < -0.3 is 14.6 Å². The number of ether oxygens (including phenoxy) is 2. The highest BCUT2D eigenvalue weighted by Gasteiger charge is 2.63. The van der Waals surface area contributed by atoms with Gasteiger partial charge in [-0.05, 0) is 104 Å². The Labute approximate surface area is 188 Å². The van der Waals surface area contributed by atoms with Crippen molar-refractivity contribution < 1.29 is 19.4 Å². The first-order valence-corrected chi connectivity index (χ1v) is 12.6. The van der Waals surface area contributed by atoms with E-state index in [2.05, 4.69) is 26.9 Å². The Kier molecular flexibility index (Phi) is 6.39. The Morgan fingerprint density at radius 1 is 1.13 bits per heavy atom. The molecule has 0 aromatic carbocycles.